The average molecular weight is 202 g/mol. The largest absolute Gasteiger partial charge is 0.370 e. The predicted octanol–water partition coefficient (Wildman–Crippen LogP) is 1.90. The highest BCUT2D eigenvalue weighted by atomic mass is 35.5. The fourth-order valence-corrected chi connectivity index (χ4v) is 1.24. The van der Waals surface area contributed by atoms with Gasteiger partial charge < -0.3 is 5.73 Å². The lowest BCUT2D eigenvalue weighted by atomic mass is 10.1. The number of benzene rings is 1. The van der Waals surface area contributed by atoms with E-state index in [-0.39, 0.29) is 18.1 Å². The monoisotopic (exact) mass is 201 g/mol. The number of carbonyl (C=O) groups is 1. The third-order valence-corrected chi connectivity index (χ3v) is 2.01. The smallest absolute Gasteiger partial charge is 0.217 e. The summed E-state index contributed by atoms with van der Waals surface area (Å²) in [6.45, 7) is 0. The molecular weight excluding hydrogens is 193 g/mol. The second-order valence-electron chi connectivity index (χ2n) is 2.70. The summed E-state index contributed by atoms with van der Waals surface area (Å²) in [6.07, 6.45) is 0.680. The molecule has 1 rings (SSSR count). The van der Waals surface area contributed by atoms with Crippen molar-refractivity contribution in [1.29, 1.82) is 0 Å². The third kappa shape index (κ3) is 3.03. The van der Waals surface area contributed by atoms with E-state index < -0.39 is 0 Å². The number of carbonyl (C=O) groups excluding carboxylic acids is 1. The zero-order valence-corrected chi connectivity index (χ0v) is 7.64. The fraction of sp³-hybridized carbons (Fsp3) is 0.222. The van der Waals surface area contributed by atoms with Crippen LogP contribution in [0.15, 0.2) is 18.2 Å². The molecule has 2 N–H and O–H groups in total. The lowest BCUT2D eigenvalue weighted by molar-refractivity contribution is -0.117. The van der Waals surface area contributed by atoms with Crippen LogP contribution in [0.1, 0.15) is 12.0 Å². The van der Waals surface area contributed by atoms with Gasteiger partial charge in [-0.25, -0.2) is 4.39 Å². The number of nitrogens with two attached hydrogens (primary N) is 1. The molecule has 0 radical (unpaired) electrons. The van der Waals surface area contributed by atoms with Crippen molar-refractivity contribution in [2.24, 2.45) is 5.73 Å². The van der Waals surface area contributed by atoms with Crippen molar-refractivity contribution in [3.8, 4) is 0 Å². The molecule has 1 aromatic carbocycles. The number of halogens is 2. The van der Waals surface area contributed by atoms with E-state index in [0.717, 1.165) is 5.56 Å². The van der Waals surface area contributed by atoms with Gasteiger partial charge in [0.25, 0.3) is 0 Å². The van der Waals surface area contributed by atoms with Gasteiger partial charge >= 0.3 is 0 Å². The number of aryl methyl sites for hydroxylation is 1. The maximum absolute atomic E-state index is 12.6. The van der Waals surface area contributed by atoms with Crippen molar-refractivity contribution < 1.29 is 9.18 Å². The molecular formula is C9H9ClFNO. The van der Waals surface area contributed by atoms with Gasteiger partial charge in [0.2, 0.25) is 5.91 Å². The molecule has 0 aliphatic rings. The van der Waals surface area contributed by atoms with E-state index in [0.29, 0.717) is 11.4 Å². The quantitative estimate of drug-likeness (QED) is 0.798. The molecule has 0 spiro atoms. The summed E-state index contributed by atoms with van der Waals surface area (Å²) in [7, 11) is 0. The summed E-state index contributed by atoms with van der Waals surface area (Å²) >= 11 is 5.72. The van der Waals surface area contributed by atoms with Crippen LogP contribution in [-0.4, -0.2) is 5.91 Å². The van der Waals surface area contributed by atoms with Crippen molar-refractivity contribution in [2.45, 2.75) is 12.8 Å². The van der Waals surface area contributed by atoms with Crippen molar-refractivity contribution in [2.75, 3.05) is 0 Å². The van der Waals surface area contributed by atoms with Crippen molar-refractivity contribution >= 4 is 17.5 Å². The standard InChI is InChI=1S/C9H9ClFNO/c10-8-5-7(11)3-1-6(8)2-4-9(12)13/h1,3,5H,2,4H2,(H2,12,13). The van der Waals surface area contributed by atoms with Gasteiger partial charge in [0.05, 0.1) is 0 Å². The Kier molecular flexibility index (Phi) is 3.25. The lowest BCUT2D eigenvalue weighted by Gasteiger charge is -2.01. The van der Waals surface area contributed by atoms with Crippen LogP contribution in [0, 0.1) is 5.82 Å². The molecule has 13 heavy (non-hydrogen) atoms. The molecule has 4 heteroatoms. The van der Waals surface area contributed by atoms with Gasteiger partial charge in [-0.05, 0) is 24.1 Å². The Labute approximate surface area is 80.5 Å². The minimum atomic E-state index is -0.389. The topological polar surface area (TPSA) is 43.1 Å². The number of rotatable bonds is 3. The molecule has 0 aromatic heterocycles. The SMILES string of the molecule is NC(=O)CCc1ccc(F)cc1Cl. The average Bonchev–Trinajstić information content (AvgIpc) is 2.02. The summed E-state index contributed by atoms with van der Waals surface area (Å²) < 4.78 is 12.6. The van der Waals surface area contributed by atoms with Gasteiger partial charge in [-0.2, -0.15) is 0 Å². The van der Waals surface area contributed by atoms with Crippen LogP contribution in [0.2, 0.25) is 5.02 Å². The minimum absolute atomic E-state index is 0.228. The molecule has 1 amide bonds. The normalized spacial score (nSPS) is 10.0. The van der Waals surface area contributed by atoms with Crippen LogP contribution in [0.3, 0.4) is 0 Å². The van der Waals surface area contributed by atoms with Gasteiger partial charge in [-0.3, -0.25) is 4.79 Å². The zero-order chi connectivity index (χ0) is 9.84. The third-order valence-electron chi connectivity index (χ3n) is 1.66. The minimum Gasteiger partial charge on any atom is -0.370 e. The highest BCUT2D eigenvalue weighted by Gasteiger charge is 2.03. The van der Waals surface area contributed by atoms with E-state index in [1.807, 2.05) is 0 Å². The summed E-state index contributed by atoms with van der Waals surface area (Å²) in [5, 5.41) is 0.334. The Bertz CT molecular complexity index is 327. The molecule has 0 aliphatic carbocycles. The van der Waals surface area contributed by atoms with E-state index in [2.05, 4.69) is 0 Å². The predicted molar refractivity (Wildman–Crippen MR) is 48.9 cm³/mol. The van der Waals surface area contributed by atoms with Gasteiger partial charge in [-0.1, -0.05) is 17.7 Å². The molecule has 0 unspecified atom stereocenters. The summed E-state index contributed by atoms with van der Waals surface area (Å²) in [5.74, 6) is -0.770. The Morgan fingerprint density at radius 2 is 2.23 bits per heavy atom. The Morgan fingerprint density at radius 3 is 2.77 bits per heavy atom. The van der Waals surface area contributed by atoms with Crippen LogP contribution in [0.25, 0.3) is 0 Å². The first kappa shape index (κ1) is 9.99. The highest BCUT2D eigenvalue weighted by Crippen LogP contribution is 2.18. The molecule has 0 atom stereocenters. The van der Waals surface area contributed by atoms with Crippen LogP contribution in [-0.2, 0) is 11.2 Å². The second kappa shape index (κ2) is 4.23. The van der Waals surface area contributed by atoms with Gasteiger partial charge in [0, 0.05) is 11.4 Å². The van der Waals surface area contributed by atoms with E-state index in [9.17, 15) is 9.18 Å². The Hall–Kier alpha value is -1.09. The summed E-state index contributed by atoms with van der Waals surface area (Å²) in [4.78, 5) is 10.5. The van der Waals surface area contributed by atoms with E-state index in [1.54, 1.807) is 6.07 Å². The number of hydrogen-bond acceptors (Lipinski definition) is 1. The molecule has 2 nitrogen and oxygen atoms in total. The maximum atomic E-state index is 12.6. The number of primary amides is 1. The first-order valence-electron chi connectivity index (χ1n) is 3.82. The molecule has 0 fully saturated rings. The molecule has 0 aliphatic heterocycles. The highest BCUT2D eigenvalue weighted by molar-refractivity contribution is 6.31. The molecule has 70 valence electrons. The molecule has 0 saturated heterocycles. The maximum Gasteiger partial charge on any atom is 0.217 e. The van der Waals surface area contributed by atoms with E-state index >= 15 is 0 Å². The first-order chi connectivity index (χ1) is 6.09. The summed E-state index contributed by atoms with van der Waals surface area (Å²) in [6, 6.07) is 4.08. The second-order valence-corrected chi connectivity index (χ2v) is 3.11. The van der Waals surface area contributed by atoms with Crippen LogP contribution in [0.5, 0.6) is 0 Å². The van der Waals surface area contributed by atoms with Crippen LogP contribution >= 0.6 is 11.6 Å². The summed E-state index contributed by atoms with van der Waals surface area (Å²) in [5.41, 5.74) is 5.70. The number of hydrogen-bond donors (Lipinski definition) is 1. The van der Waals surface area contributed by atoms with Crippen molar-refractivity contribution in [1.82, 2.24) is 0 Å². The van der Waals surface area contributed by atoms with Gasteiger partial charge in [0.1, 0.15) is 5.82 Å². The Morgan fingerprint density at radius 1 is 1.54 bits per heavy atom. The zero-order valence-electron chi connectivity index (χ0n) is 6.89. The van der Waals surface area contributed by atoms with Crippen molar-refractivity contribution in [3.63, 3.8) is 0 Å². The van der Waals surface area contributed by atoms with Gasteiger partial charge in [0.15, 0.2) is 0 Å². The van der Waals surface area contributed by atoms with Crippen molar-refractivity contribution in [3.05, 3.63) is 34.6 Å². The lowest BCUT2D eigenvalue weighted by Crippen LogP contribution is -2.11. The van der Waals surface area contributed by atoms with E-state index in [1.165, 1.54) is 12.1 Å². The molecule has 0 saturated carbocycles. The first-order valence-corrected chi connectivity index (χ1v) is 4.19. The Balaban J connectivity index is 2.72. The van der Waals surface area contributed by atoms with Gasteiger partial charge in [-0.15, -0.1) is 0 Å². The number of amides is 1. The van der Waals surface area contributed by atoms with Crippen LogP contribution < -0.4 is 5.73 Å². The molecule has 0 heterocycles. The van der Waals surface area contributed by atoms with E-state index in [4.69, 9.17) is 17.3 Å². The fourth-order valence-electron chi connectivity index (χ4n) is 0.982. The molecule has 0 bridgehead atoms. The van der Waals surface area contributed by atoms with Crippen LogP contribution in [0.4, 0.5) is 4.39 Å². The molecule has 1 aromatic rings.